The van der Waals surface area contributed by atoms with Crippen LogP contribution in [0.25, 0.3) is 10.9 Å². The zero-order chi connectivity index (χ0) is 12.4. The molecule has 1 atom stereocenters. The van der Waals surface area contributed by atoms with Crippen molar-refractivity contribution < 1.29 is 5.11 Å². The van der Waals surface area contributed by atoms with Gasteiger partial charge in [0.05, 0.1) is 12.1 Å². The van der Waals surface area contributed by atoms with Gasteiger partial charge in [-0.15, -0.1) is 0 Å². The summed E-state index contributed by atoms with van der Waals surface area (Å²) in [6.07, 6.45) is 2.86. The molecule has 0 aliphatic carbocycles. The highest BCUT2D eigenvalue weighted by molar-refractivity contribution is 5.79. The van der Waals surface area contributed by atoms with Crippen LogP contribution >= 0.6 is 0 Å². The molecule has 0 saturated heterocycles. The Kier molecular flexibility index (Phi) is 3.29. The molecular weight excluding hydrogens is 214 g/mol. The van der Waals surface area contributed by atoms with Crippen LogP contribution in [-0.4, -0.2) is 9.67 Å². The third-order valence-corrected chi connectivity index (χ3v) is 3.24. The van der Waals surface area contributed by atoms with E-state index in [2.05, 4.69) is 18.4 Å². The molecule has 0 radical (unpaired) electrons. The first kappa shape index (κ1) is 11.9. The van der Waals surface area contributed by atoms with E-state index in [-0.39, 0.29) is 12.0 Å². The van der Waals surface area contributed by atoms with E-state index < -0.39 is 0 Å². The fourth-order valence-corrected chi connectivity index (χ4v) is 2.00. The molecule has 1 aromatic carbocycles. The Morgan fingerprint density at radius 1 is 1.35 bits per heavy atom. The molecule has 0 bridgehead atoms. The monoisotopic (exact) mass is 231 g/mol. The first-order chi connectivity index (χ1) is 8.17. The molecule has 17 heavy (non-hydrogen) atoms. The second kappa shape index (κ2) is 4.72. The molecule has 0 aliphatic heterocycles. The van der Waals surface area contributed by atoms with Gasteiger partial charge in [-0.25, -0.2) is 0 Å². The van der Waals surface area contributed by atoms with Crippen molar-refractivity contribution in [3.63, 3.8) is 0 Å². The minimum atomic E-state index is -0.0341. The highest BCUT2D eigenvalue weighted by Gasteiger charge is 2.07. The van der Waals surface area contributed by atoms with Crippen LogP contribution < -0.4 is 5.43 Å². The van der Waals surface area contributed by atoms with Gasteiger partial charge in [-0.3, -0.25) is 4.79 Å². The van der Waals surface area contributed by atoms with E-state index in [9.17, 15) is 4.79 Å². The van der Waals surface area contributed by atoms with Gasteiger partial charge in [-0.1, -0.05) is 13.0 Å². The van der Waals surface area contributed by atoms with Crippen molar-refractivity contribution in [1.29, 1.82) is 0 Å². The third kappa shape index (κ3) is 2.11. The van der Waals surface area contributed by atoms with E-state index in [0.717, 1.165) is 17.5 Å². The molecule has 0 saturated carbocycles. The fraction of sp³-hybridized carbons (Fsp3) is 0.357. The molecule has 0 fully saturated rings. The number of rotatable bonds is 3. The first-order valence-corrected chi connectivity index (χ1v) is 5.92. The summed E-state index contributed by atoms with van der Waals surface area (Å²) < 4.78 is 2.11. The quantitative estimate of drug-likeness (QED) is 0.881. The number of fused-ring (bicyclic) bond motifs is 1. The number of pyridine rings is 1. The topological polar surface area (TPSA) is 42.2 Å². The van der Waals surface area contributed by atoms with Gasteiger partial charge in [0.2, 0.25) is 0 Å². The lowest BCUT2D eigenvalue weighted by molar-refractivity contribution is 0.282. The molecule has 1 heterocycles. The van der Waals surface area contributed by atoms with E-state index >= 15 is 0 Å². The van der Waals surface area contributed by atoms with Crippen molar-refractivity contribution in [1.82, 2.24) is 4.57 Å². The van der Waals surface area contributed by atoms with Crippen LogP contribution in [0.15, 0.2) is 35.3 Å². The summed E-state index contributed by atoms with van der Waals surface area (Å²) in [7, 11) is 0. The van der Waals surface area contributed by atoms with E-state index in [1.165, 1.54) is 0 Å². The molecule has 0 amide bonds. The number of aliphatic hydroxyl groups is 1. The highest BCUT2D eigenvalue weighted by atomic mass is 16.3. The van der Waals surface area contributed by atoms with Gasteiger partial charge in [0.1, 0.15) is 0 Å². The molecule has 3 heteroatoms. The maximum atomic E-state index is 11.8. The van der Waals surface area contributed by atoms with Crippen molar-refractivity contribution in [3.05, 3.63) is 46.2 Å². The van der Waals surface area contributed by atoms with E-state index in [1.54, 1.807) is 12.1 Å². The smallest absolute Gasteiger partial charge is 0.189 e. The first-order valence-electron chi connectivity index (χ1n) is 5.92. The number of benzene rings is 1. The zero-order valence-electron chi connectivity index (χ0n) is 10.2. The van der Waals surface area contributed by atoms with Crippen molar-refractivity contribution in [2.45, 2.75) is 32.9 Å². The fourth-order valence-electron chi connectivity index (χ4n) is 2.00. The molecule has 1 N–H and O–H groups in total. The predicted octanol–water partition coefficient (Wildman–Crippen LogP) is 2.46. The van der Waals surface area contributed by atoms with Crippen molar-refractivity contribution in [3.8, 4) is 0 Å². The predicted molar refractivity (Wildman–Crippen MR) is 69.1 cm³/mol. The lowest BCUT2D eigenvalue weighted by Crippen LogP contribution is -2.11. The van der Waals surface area contributed by atoms with Gasteiger partial charge in [-0.05, 0) is 31.0 Å². The zero-order valence-corrected chi connectivity index (χ0v) is 10.2. The Balaban J connectivity index is 2.73. The van der Waals surface area contributed by atoms with Crippen LogP contribution in [0.2, 0.25) is 0 Å². The molecule has 2 aromatic rings. The molecule has 90 valence electrons. The van der Waals surface area contributed by atoms with Crippen LogP contribution in [0.3, 0.4) is 0 Å². The summed E-state index contributed by atoms with van der Waals surface area (Å²) in [5.74, 6) is 0. The molecule has 0 aliphatic rings. The molecule has 1 unspecified atom stereocenters. The third-order valence-electron chi connectivity index (χ3n) is 3.24. The van der Waals surface area contributed by atoms with Crippen LogP contribution in [0.5, 0.6) is 0 Å². The molecular formula is C14H17NO2. The van der Waals surface area contributed by atoms with Gasteiger partial charge in [0, 0.05) is 23.7 Å². The number of hydrogen-bond donors (Lipinski definition) is 1. The number of aliphatic hydroxyl groups excluding tert-OH is 1. The maximum absolute atomic E-state index is 11.8. The van der Waals surface area contributed by atoms with Crippen molar-refractivity contribution >= 4 is 10.9 Å². The summed E-state index contributed by atoms with van der Waals surface area (Å²) >= 11 is 0. The Bertz CT molecular complexity index is 586. The van der Waals surface area contributed by atoms with E-state index in [1.807, 2.05) is 18.3 Å². The largest absolute Gasteiger partial charge is 0.392 e. The lowest BCUT2D eigenvalue weighted by Gasteiger charge is -2.17. The summed E-state index contributed by atoms with van der Waals surface area (Å²) in [6, 6.07) is 7.50. The van der Waals surface area contributed by atoms with Gasteiger partial charge in [0.25, 0.3) is 0 Å². The summed E-state index contributed by atoms with van der Waals surface area (Å²) in [5.41, 5.74) is 1.72. The second-order valence-corrected chi connectivity index (χ2v) is 4.35. The van der Waals surface area contributed by atoms with Crippen molar-refractivity contribution in [2.24, 2.45) is 0 Å². The average molecular weight is 231 g/mol. The van der Waals surface area contributed by atoms with Crippen molar-refractivity contribution in [2.75, 3.05) is 0 Å². The number of hydrogen-bond acceptors (Lipinski definition) is 2. The van der Waals surface area contributed by atoms with Crippen LogP contribution in [0.4, 0.5) is 0 Å². The minimum Gasteiger partial charge on any atom is -0.392 e. The van der Waals surface area contributed by atoms with Gasteiger partial charge >= 0.3 is 0 Å². The lowest BCUT2D eigenvalue weighted by atomic mass is 10.1. The molecule has 2 rings (SSSR count). The van der Waals surface area contributed by atoms with Crippen LogP contribution in [0.1, 0.15) is 31.9 Å². The molecule has 3 nitrogen and oxygen atoms in total. The Labute approximate surface area is 100 Å². The number of aromatic nitrogens is 1. The molecule has 1 aromatic heterocycles. The van der Waals surface area contributed by atoms with Crippen LogP contribution in [0, 0.1) is 0 Å². The summed E-state index contributed by atoms with van der Waals surface area (Å²) in [5, 5.41) is 9.78. The Morgan fingerprint density at radius 3 is 2.76 bits per heavy atom. The van der Waals surface area contributed by atoms with Gasteiger partial charge in [0.15, 0.2) is 5.43 Å². The summed E-state index contributed by atoms with van der Waals surface area (Å²) in [6.45, 7) is 4.22. The summed E-state index contributed by atoms with van der Waals surface area (Å²) in [4.78, 5) is 11.8. The van der Waals surface area contributed by atoms with Gasteiger partial charge < -0.3 is 9.67 Å². The van der Waals surface area contributed by atoms with Gasteiger partial charge in [-0.2, -0.15) is 0 Å². The Morgan fingerprint density at radius 2 is 2.12 bits per heavy atom. The van der Waals surface area contributed by atoms with E-state index in [0.29, 0.717) is 11.4 Å². The minimum absolute atomic E-state index is 0.00912. The maximum Gasteiger partial charge on any atom is 0.189 e. The second-order valence-electron chi connectivity index (χ2n) is 4.35. The normalized spacial score (nSPS) is 12.9. The standard InChI is InChI=1S/C14H17NO2/c1-3-10(2)15-7-6-14(17)12-8-11(9-16)4-5-13(12)15/h4-8,10,16H,3,9H2,1-2H3. The van der Waals surface area contributed by atoms with Crippen LogP contribution in [-0.2, 0) is 6.61 Å². The highest BCUT2D eigenvalue weighted by Crippen LogP contribution is 2.18. The number of nitrogens with zero attached hydrogens (tertiary/aromatic N) is 1. The SMILES string of the molecule is CCC(C)n1ccc(=O)c2cc(CO)ccc21. The Hall–Kier alpha value is -1.61. The average Bonchev–Trinajstić information content (AvgIpc) is 2.38. The molecule has 0 spiro atoms. The van der Waals surface area contributed by atoms with E-state index in [4.69, 9.17) is 5.11 Å².